The molecule has 0 unspecified atom stereocenters. The summed E-state index contributed by atoms with van der Waals surface area (Å²) in [6.07, 6.45) is 9.47. The quantitative estimate of drug-likeness (QED) is 0.524. The monoisotopic (exact) mass is 180 g/mol. The van der Waals surface area contributed by atoms with Gasteiger partial charge >= 0.3 is 0 Å². The highest BCUT2D eigenvalue weighted by atomic mass is 15.3. The van der Waals surface area contributed by atoms with Gasteiger partial charge in [0.25, 0.3) is 0 Å². The van der Waals surface area contributed by atoms with Gasteiger partial charge in [0.2, 0.25) is 0 Å². The molecule has 2 aliphatic rings. The molecule has 2 saturated carbocycles. The molecule has 0 bridgehead atoms. The highest BCUT2D eigenvalue weighted by Crippen LogP contribution is 2.50. The van der Waals surface area contributed by atoms with Crippen LogP contribution in [0.25, 0.3) is 0 Å². The van der Waals surface area contributed by atoms with E-state index < -0.39 is 0 Å². The molecule has 0 aromatic heterocycles. The highest BCUT2D eigenvalue weighted by Gasteiger charge is 2.45. The SMILES string of the molecule is CCCN/N=C1/CCC12CCCC2. The van der Waals surface area contributed by atoms with Gasteiger partial charge in [0.15, 0.2) is 0 Å². The lowest BCUT2D eigenvalue weighted by molar-refractivity contribution is 0.335. The first-order chi connectivity index (χ1) is 6.37. The Kier molecular flexibility index (Phi) is 2.56. The molecule has 0 radical (unpaired) electrons. The van der Waals surface area contributed by atoms with Gasteiger partial charge in [-0.25, -0.2) is 0 Å². The summed E-state index contributed by atoms with van der Waals surface area (Å²) in [5, 5.41) is 4.52. The predicted molar refractivity (Wildman–Crippen MR) is 55.9 cm³/mol. The minimum absolute atomic E-state index is 0.570. The molecular weight excluding hydrogens is 160 g/mol. The Morgan fingerprint density at radius 1 is 1.31 bits per heavy atom. The number of hydrazone groups is 1. The van der Waals surface area contributed by atoms with E-state index in [4.69, 9.17) is 0 Å². The second-order valence-electron chi connectivity index (χ2n) is 4.45. The van der Waals surface area contributed by atoms with E-state index in [-0.39, 0.29) is 0 Å². The maximum absolute atomic E-state index is 4.52. The third-order valence-corrected chi connectivity index (χ3v) is 3.59. The summed E-state index contributed by atoms with van der Waals surface area (Å²) in [6, 6.07) is 0. The van der Waals surface area contributed by atoms with E-state index in [0.29, 0.717) is 5.41 Å². The molecule has 0 aromatic rings. The van der Waals surface area contributed by atoms with Crippen molar-refractivity contribution in [2.75, 3.05) is 6.54 Å². The van der Waals surface area contributed by atoms with E-state index in [2.05, 4.69) is 17.5 Å². The van der Waals surface area contributed by atoms with Crippen molar-refractivity contribution in [3.05, 3.63) is 0 Å². The Hall–Kier alpha value is -0.530. The number of nitrogens with zero attached hydrogens (tertiary/aromatic N) is 1. The maximum atomic E-state index is 4.52. The zero-order chi connectivity index (χ0) is 9.15. The fraction of sp³-hybridized carbons (Fsp3) is 0.909. The minimum Gasteiger partial charge on any atom is -0.310 e. The molecule has 74 valence electrons. The summed E-state index contributed by atoms with van der Waals surface area (Å²) in [4.78, 5) is 0. The molecule has 2 nitrogen and oxygen atoms in total. The number of hydrogen-bond acceptors (Lipinski definition) is 2. The summed E-state index contributed by atoms with van der Waals surface area (Å²) in [5.74, 6) is 0. The third-order valence-electron chi connectivity index (χ3n) is 3.59. The zero-order valence-corrected chi connectivity index (χ0v) is 8.60. The van der Waals surface area contributed by atoms with E-state index >= 15 is 0 Å². The average molecular weight is 180 g/mol. The van der Waals surface area contributed by atoms with E-state index in [1.807, 2.05) is 0 Å². The Labute approximate surface area is 80.8 Å². The van der Waals surface area contributed by atoms with Crippen LogP contribution in [0.15, 0.2) is 5.10 Å². The van der Waals surface area contributed by atoms with Gasteiger partial charge in [-0.3, -0.25) is 0 Å². The lowest BCUT2D eigenvalue weighted by Crippen LogP contribution is -2.39. The van der Waals surface area contributed by atoms with Gasteiger partial charge in [-0.2, -0.15) is 5.10 Å². The van der Waals surface area contributed by atoms with Crippen LogP contribution < -0.4 is 5.43 Å². The molecule has 0 saturated heterocycles. The molecular formula is C11H20N2. The smallest absolute Gasteiger partial charge is 0.0440 e. The van der Waals surface area contributed by atoms with E-state index in [9.17, 15) is 0 Å². The van der Waals surface area contributed by atoms with Crippen molar-refractivity contribution in [1.82, 2.24) is 5.43 Å². The number of hydrogen-bond donors (Lipinski definition) is 1. The van der Waals surface area contributed by atoms with Crippen LogP contribution in [0.5, 0.6) is 0 Å². The minimum atomic E-state index is 0.570. The van der Waals surface area contributed by atoms with Crippen LogP contribution in [-0.2, 0) is 0 Å². The number of rotatable bonds is 3. The van der Waals surface area contributed by atoms with Gasteiger partial charge in [0.1, 0.15) is 0 Å². The maximum Gasteiger partial charge on any atom is 0.0440 e. The number of nitrogens with one attached hydrogen (secondary N) is 1. The summed E-state index contributed by atoms with van der Waals surface area (Å²) in [7, 11) is 0. The van der Waals surface area contributed by atoms with Crippen molar-refractivity contribution in [3.8, 4) is 0 Å². The molecule has 0 aliphatic heterocycles. The molecule has 1 N–H and O–H groups in total. The first kappa shape index (κ1) is 9.04. The molecule has 0 atom stereocenters. The Balaban J connectivity index is 1.89. The van der Waals surface area contributed by atoms with Crippen molar-refractivity contribution in [2.24, 2.45) is 10.5 Å². The molecule has 0 amide bonds. The van der Waals surface area contributed by atoms with Crippen molar-refractivity contribution < 1.29 is 0 Å². The van der Waals surface area contributed by atoms with Crippen LogP contribution in [0, 0.1) is 5.41 Å². The molecule has 2 fully saturated rings. The van der Waals surface area contributed by atoms with Gasteiger partial charge in [-0.1, -0.05) is 19.8 Å². The van der Waals surface area contributed by atoms with Crippen LogP contribution in [0.3, 0.4) is 0 Å². The van der Waals surface area contributed by atoms with Gasteiger partial charge in [-0.15, -0.1) is 0 Å². The van der Waals surface area contributed by atoms with Gasteiger partial charge in [-0.05, 0) is 32.1 Å². The van der Waals surface area contributed by atoms with Crippen molar-refractivity contribution in [2.45, 2.75) is 51.9 Å². The third kappa shape index (κ3) is 1.59. The van der Waals surface area contributed by atoms with Crippen molar-refractivity contribution in [3.63, 3.8) is 0 Å². The largest absolute Gasteiger partial charge is 0.310 e. The second kappa shape index (κ2) is 3.69. The van der Waals surface area contributed by atoms with Crippen LogP contribution in [-0.4, -0.2) is 12.3 Å². The van der Waals surface area contributed by atoms with Gasteiger partial charge < -0.3 is 5.43 Å². The average Bonchev–Trinajstić information content (AvgIpc) is 2.61. The summed E-state index contributed by atoms with van der Waals surface area (Å²) in [6.45, 7) is 3.21. The molecule has 0 heterocycles. The molecule has 1 spiro atoms. The zero-order valence-electron chi connectivity index (χ0n) is 8.60. The van der Waals surface area contributed by atoms with Crippen molar-refractivity contribution in [1.29, 1.82) is 0 Å². The lowest BCUT2D eigenvalue weighted by Gasteiger charge is -2.39. The summed E-state index contributed by atoms with van der Waals surface area (Å²) in [5.41, 5.74) is 5.22. The van der Waals surface area contributed by atoms with Crippen LogP contribution >= 0.6 is 0 Å². The van der Waals surface area contributed by atoms with E-state index in [1.54, 1.807) is 0 Å². The molecule has 2 aliphatic carbocycles. The first-order valence-corrected chi connectivity index (χ1v) is 5.67. The first-order valence-electron chi connectivity index (χ1n) is 5.67. The standard InChI is InChI=1S/C11H20N2/c1-2-9-12-13-10-5-8-11(10)6-3-4-7-11/h12H,2-9H2,1H3/b13-10-. The fourth-order valence-electron chi connectivity index (χ4n) is 2.62. The van der Waals surface area contributed by atoms with Crippen LogP contribution in [0.4, 0.5) is 0 Å². The lowest BCUT2D eigenvalue weighted by atomic mass is 9.66. The normalized spacial score (nSPS) is 27.9. The van der Waals surface area contributed by atoms with Crippen LogP contribution in [0.1, 0.15) is 51.9 Å². The second-order valence-corrected chi connectivity index (χ2v) is 4.45. The summed E-state index contributed by atoms with van der Waals surface area (Å²) >= 11 is 0. The summed E-state index contributed by atoms with van der Waals surface area (Å²) < 4.78 is 0. The Morgan fingerprint density at radius 3 is 2.62 bits per heavy atom. The van der Waals surface area contributed by atoms with Crippen molar-refractivity contribution >= 4 is 5.71 Å². The molecule has 2 heteroatoms. The Bertz CT molecular complexity index is 202. The fourth-order valence-corrected chi connectivity index (χ4v) is 2.62. The Morgan fingerprint density at radius 2 is 2.08 bits per heavy atom. The van der Waals surface area contributed by atoms with E-state index in [1.165, 1.54) is 50.7 Å². The van der Waals surface area contributed by atoms with Gasteiger partial charge in [0.05, 0.1) is 0 Å². The molecule has 0 aromatic carbocycles. The predicted octanol–water partition coefficient (Wildman–Crippen LogP) is 2.70. The molecule has 13 heavy (non-hydrogen) atoms. The highest BCUT2D eigenvalue weighted by molar-refractivity contribution is 5.95. The molecule has 2 rings (SSSR count). The van der Waals surface area contributed by atoms with Crippen LogP contribution in [0.2, 0.25) is 0 Å². The van der Waals surface area contributed by atoms with Gasteiger partial charge in [0, 0.05) is 17.7 Å². The van der Waals surface area contributed by atoms with E-state index in [0.717, 1.165) is 6.54 Å². The topological polar surface area (TPSA) is 24.4 Å².